The molecule has 0 atom stereocenters. The molecule has 0 spiro atoms. The van der Waals surface area contributed by atoms with Gasteiger partial charge >= 0.3 is 0 Å². The van der Waals surface area contributed by atoms with Crippen molar-refractivity contribution >= 4 is 11.3 Å². The third-order valence-electron chi connectivity index (χ3n) is 2.94. The molecule has 2 nitrogen and oxygen atoms in total. The van der Waals surface area contributed by atoms with Crippen molar-refractivity contribution in [2.45, 2.75) is 33.7 Å². The summed E-state index contributed by atoms with van der Waals surface area (Å²) in [5, 5.41) is 4.56. The van der Waals surface area contributed by atoms with Crippen LogP contribution in [0.4, 0.5) is 0 Å². The molecule has 1 aromatic heterocycles. The Morgan fingerprint density at radius 2 is 1.95 bits per heavy atom. The van der Waals surface area contributed by atoms with E-state index in [1.165, 1.54) is 16.1 Å². The first kappa shape index (κ1) is 14.2. The van der Waals surface area contributed by atoms with Crippen molar-refractivity contribution < 1.29 is 0 Å². The molecule has 0 bridgehead atoms. The molecule has 2 rings (SSSR count). The van der Waals surface area contributed by atoms with E-state index in [-0.39, 0.29) is 0 Å². The number of hydrogen-bond donors (Lipinski definition) is 1. The minimum absolute atomic E-state index is 0.645. The summed E-state index contributed by atoms with van der Waals surface area (Å²) in [4.78, 5) is 6.24. The van der Waals surface area contributed by atoms with Crippen molar-refractivity contribution in [2.75, 3.05) is 6.54 Å². The van der Waals surface area contributed by atoms with Gasteiger partial charge in [-0.1, -0.05) is 51.1 Å². The predicted molar refractivity (Wildman–Crippen MR) is 83.5 cm³/mol. The number of hydrogen-bond acceptors (Lipinski definition) is 3. The summed E-state index contributed by atoms with van der Waals surface area (Å²) in [6.45, 7) is 8.57. The Morgan fingerprint density at radius 1 is 1.21 bits per heavy atom. The number of rotatable bonds is 6. The molecule has 0 radical (unpaired) electrons. The highest BCUT2D eigenvalue weighted by atomic mass is 32.1. The number of benzene rings is 1. The fourth-order valence-corrected chi connectivity index (χ4v) is 3.07. The molecule has 0 saturated heterocycles. The van der Waals surface area contributed by atoms with Crippen LogP contribution in [0.5, 0.6) is 0 Å². The van der Waals surface area contributed by atoms with Crippen LogP contribution in [0, 0.1) is 5.92 Å². The van der Waals surface area contributed by atoms with E-state index in [2.05, 4.69) is 50.4 Å². The third-order valence-corrected chi connectivity index (χ3v) is 4.08. The summed E-state index contributed by atoms with van der Waals surface area (Å²) in [5.41, 5.74) is 2.49. The van der Waals surface area contributed by atoms with Gasteiger partial charge in [0.15, 0.2) is 0 Å². The largest absolute Gasteiger partial charge is 0.312 e. The Balaban J connectivity index is 2.28. The lowest BCUT2D eigenvalue weighted by atomic mass is 10.1. The van der Waals surface area contributed by atoms with Gasteiger partial charge in [-0.15, -0.1) is 11.3 Å². The Kier molecular flexibility index (Phi) is 5.11. The van der Waals surface area contributed by atoms with Crippen molar-refractivity contribution in [3.8, 4) is 10.6 Å². The summed E-state index contributed by atoms with van der Waals surface area (Å²) in [7, 11) is 0. The van der Waals surface area contributed by atoms with Gasteiger partial charge in [0.05, 0.1) is 5.69 Å². The first-order valence-corrected chi connectivity index (χ1v) is 7.77. The van der Waals surface area contributed by atoms with Gasteiger partial charge in [0, 0.05) is 17.0 Å². The number of aromatic nitrogens is 1. The van der Waals surface area contributed by atoms with Crippen molar-refractivity contribution in [1.29, 1.82) is 0 Å². The molecule has 1 heterocycles. The van der Waals surface area contributed by atoms with Gasteiger partial charge in [-0.25, -0.2) is 4.98 Å². The standard InChI is InChI=1S/C16H22N2S/c1-4-17-11-15-14(10-12(2)3)18-16(19-15)13-8-6-5-7-9-13/h5-9,12,17H,4,10-11H2,1-3H3. The molecule has 1 N–H and O–H groups in total. The third kappa shape index (κ3) is 3.88. The average Bonchev–Trinajstić information content (AvgIpc) is 2.80. The molecule has 0 unspecified atom stereocenters. The lowest BCUT2D eigenvalue weighted by Crippen LogP contribution is -2.12. The highest BCUT2D eigenvalue weighted by Gasteiger charge is 2.13. The van der Waals surface area contributed by atoms with Gasteiger partial charge in [0.1, 0.15) is 5.01 Å². The van der Waals surface area contributed by atoms with Gasteiger partial charge in [-0.2, -0.15) is 0 Å². The van der Waals surface area contributed by atoms with Crippen LogP contribution in [-0.2, 0) is 13.0 Å². The predicted octanol–water partition coefficient (Wildman–Crippen LogP) is 4.12. The minimum atomic E-state index is 0.645. The van der Waals surface area contributed by atoms with E-state index < -0.39 is 0 Å². The van der Waals surface area contributed by atoms with Crippen molar-refractivity contribution in [3.63, 3.8) is 0 Å². The molecule has 0 fully saturated rings. The maximum Gasteiger partial charge on any atom is 0.123 e. The summed E-state index contributed by atoms with van der Waals surface area (Å²) >= 11 is 1.82. The van der Waals surface area contributed by atoms with Crippen LogP contribution < -0.4 is 5.32 Å². The normalized spacial score (nSPS) is 11.2. The summed E-state index contributed by atoms with van der Waals surface area (Å²) < 4.78 is 0. The molecule has 2 aromatic rings. The van der Waals surface area contributed by atoms with Crippen LogP contribution in [-0.4, -0.2) is 11.5 Å². The van der Waals surface area contributed by atoms with E-state index in [0.717, 1.165) is 24.5 Å². The summed E-state index contributed by atoms with van der Waals surface area (Å²) in [6.07, 6.45) is 1.06. The molecule has 0 aliphatic rings. The zero-order valence-electron chi connectivity index (χ0n) is 11.9. The minimum Gasteiger partial charge on any atom is -0.312 e. The number of nitrogens with zero attached hydrogens (tertiary/aromatic N) is 1. The van der Waals surface area contributed by atoms with Gasteiger partial charge in [0.2, 0.25) is 0 Å². The molecule has 1 aromatic carbocycles. The maximum absolute atomic E-state index is 4.85. The SMILES string of the molecule is CCNCc1sc(-c2ccccc2)nc1CC(C)C. The van der Waals surface area contributed by atoms with E-state index in [1.807, 2.05) is 17.4 Å². The van der Waals surface area contributed by atoms with Crippen LogP contribution in [0.2, 0.25) is 0 Å². The monoisotopic (exact) mass is 274 g/mol. The lowest BCUT2D eigenvalue weighted by molar-refractivity contribution is 0.628. The van der Waals surface area contributed by atoms with Crippen LogP contribution >= 0.6 is 11.3 Å². The Morgan fingerprint density at radius 3 is 2.58 bits per heavy atom. The molecule has 3 heteroatoms. The lowest BCUT2D eigenvalue weighted by Gasteiger charge is -2.04. The molecule has 19 heavy (non-hydrogen) atoms. The smallest absolute Gasteiger partial charge is 0.123 e. The number of nitrogens with one attached hydrogen (secondary N) is 1. The van der Waals surface area contributed by atoms with E-state index in [9.17, 15) is 0 Å². The van der Waals surface area contributed by atoms with Crippen molar-refractivity contribution in [2.24, 2.45) is 5.92 Å². The van der Waals surface area contributed by atoms with E-state index in [1.54, 1.807) is 0 Å². The van der Waals surface area contributed by atoms with Crippen LogP contribution in [0.3, 0.4) is 0 Å². The van der Waals surface area contributed by atoms with Crippen LogP contribution in [0.15, 0.2) is 30.3 Å². The fraction of sp³-hybridized carbons (Fsp3) is 0.438. The van der Waals surface area contributed by atoms with E-state index in [4.69, 9.17) is 4.98 Å². The molecule has 0 saturated carbocycles. The zero-order chi connectivity index (χ0) is 13.7. The Bertz CT molecular complexity index is 503. The van der Waals surface area contributed by atoms with Crippen LogP contribution in [0.25, 0.3) is 10.6 Å². The summed E-state index contributed by atoms with van der Waals surface area (Å²) in [6, 6.07) is 10.5. The molecule has 0 aliphatic carbocycles. The van der Waals surface area contributed by atoms with Crippen LogP contribution in [0.1, 0.15) is 31.3 Å². The topological polar surface area (TPSA) is 24.9 Å². The molecule has 102 valence electrons. The first-order chi connectivity index (χ1) is 9.20. The molecule has 0 aliphatic heterocycles. The fourth-order valence-electron chi connectivity index (χ4n) is 2.01. The zero-order valence-corrected chi connectivity index (χ0v) is 12.8. The quantitative estimate of drug-likeness (QED) is 0.857. The maximum atomic E-state index is 4.85. The molecule has 0 amide bonds. The van der Waals surface area contributed by atoms with E-state index >= 15 is 0 Å². The second-order valence-corrected chi connectivity index (χ2v) is 6.22. The average molecular weight is 274 g/mol. The van der Waals surface area contributed by atoms with Crippen molar-refractivity contribution in [1.82, 2.24) is 10.3 Å². The van der Waals surface area contributed by atoms with E-state index in [0.29, 0.717) is 5.92 Å². The van der Waals surface area contributed by atoms with Gasteiger partial charge in [-0.05, 0) is 18.9 Å². The van der Waals surface area contributed by atoms with Crippen molar-refractivity contribution in [3.05, 3.63) is 40.9 Å². The highest BCUT2D eigenvalue weighted by molar-refractivity contribution is 7.15. The second kappa shape index (κ2) is 6.83. The summed E-state index contributed by atoms with van der Waals surface area (Å²) in [5.74, 6) is 0.645. The molecular weight excluding hydrogens is 252 g/mol. The second-order valence-electron chi connectivity index (χ2n) is 5.13. The Labute approximate surface area is 119 Å². The van der Waals surface area contributed by atoms with Gasteiger partial charge < -0.3 is 5.32 Å². The number of thiazole rings is 1. The highest BCUT2D eigenvalue weighted by Crippen LogP contribution is 2.29. The first-order valence-electron chi connectivity index (χ1n) is 6.95. The van der Waals surface area contributed by atoms with Gasteiger partial charge in [0.25, 0.3) is 0 Å². The Hall–Kier alpha value is -1.19. The molecular formula is C16H22N2S. The van der Waals surface area contributed by atoms with Gasteiger partial charge in [-0.3, -0.25) is 0 Å².